The van der Waals surface area contributed by atoms with Crippen molar-refractivity contribution in [1.82, 2.24) is 9.88 Å². The molecular formula is C17H19BrN2O3. The zero-order valence-corrected chi connectivity index (χ0v) is 14.6. The Morgan fingerprint density at radius 1 is 1.39 bits per heavy atom. The average molecular weight is 379 g/mol. The Morgan fingerprint density at radius 2 is 2.22 bits per heavy atom. The maximum absolute atomic E-state index is 12.7. The molecule has 1 atom stereocenters. The van der Waals surface area contributed by atoms with Gasteiger partial charge in [-0.1, -0.05) is 22.0 Å². The minimum absolute atomic E-state index is 0.0636. The van der Waals surface area contributed by atoms with Crippen LogP contribution in [0.1, 0.15) is 30.3 Å². The third-order valence-electron chi connectivity index (χ3n) is 4.14. The second kappa shape index (κ2) is 6.74. The molecular weight excluding hydrogens is 360 g/mol. The van der Waals surface area contributed by atoms with Gasteiger partial charge in [-0.2, -0.15) is 0 Å². The molecule has 1 amide bonds. The number of amides is 1. The second-order valence-electron chi connectivity index (χ2n) is 5.76. The predicted molar refractivity (Wildman–Crippen MR) is 91.3 cm³/mol. The van der Waals surface area contributed by atoms with E-state index >= 15 is 0 Å². The maximum atomic E-state index is 12.7. The normalized spacial score (nSPS) is 18.2. The Labute approximate surface area is 143 Å². The molecule has 23 heavy (non-hydrogen) atoms. The number of carbonyl (C=O) groups is 2. The van der Waals surface area contributed by atoms with Crippen molar-refractivity contribution < 1.29 is 14.3 Å². The molecule has 1 fully saturated rings. The minimum Gasteiger partial charge on any atom is -0.466 e. The molecule has 3 rings (SSSR count). The molecule has 2 aromatic rings. The highest BCUT2D eigenvalue weighted by atomic mass is 79.9. The van der Waals surface area contributed by atoms with Gasteiger partial charge in [-0.15, -0.1) is 0 Å². The van der Waals surface area contributed by atoms with Gasteiger partial charge in [0.25, 0.3) is 5.91 Å². The first-order valence-corrected chi connectivity index (χ1v) is 8.62. The van der Waals surface area contributed by atoms with Gasteiger partial charge in [0.15, 0.2) is 0 Å². The van der Waals surface area contributed by atoms with Crippen molar-refractivity contribution in [2.45, 2.75) is 19.8 Å². The van der Waals surface area contributed by atoms with Gasteiger partial charge >= 0.3 is 5.97 Å². The summed E-state index contributed by atoms with van der Waals surface area (Å²) >= 11 is 3.43. The van der Waals surface area contributed by atoms with E-state index < -0.39 is 0 Å². The monoisotopic (exact) mass is 378 g/mol. The van der Waals surface area contributed by atoms with Crippen molar-refractivity contribution in [2.75, 3.05) is 19.7 Å². The van der Waals surface area contributed by atoms with Gasteiger partial charge in [0.05, 0.1) is 12.5 Å². The van der Waals surface area contributed by atoms with Crippen LogP contribution < -0.4 is 0 Å². The van der Waals surface area contributed by atoms with Crippen LogP contribution in [0.25, 0.3) is 10.9 Å². The number of aromatic nitrogens is 1. The van der Waals surface area contributed by atoms with Gasteiger partial charge in [-0.25, -0.2) is 0 Å². The predicted octanol–water partition coefficient (Wildman–Crippen LogP) is 3.35. The summed E-state index contributed by atoms with van der Waals surface area (Å²) in [6, 6.07) is 7.72. The fraction of sp³-hybridized carbons (Fsp3) is 0.412. The molecule has 0 bridgehead atoms. The van der Waals surface area contributed by atoms with Gasteiger partial charge in [-0.3, -0.25) is 9.59 Å². The summed E-state index contributed by atoms with van der Waals surface area (Å²) < 4.78 is 6.05. The number of ether oxygens (including phenoxy) is 1. The smallest absolute Gasteiger partial charge is 0.310 e. The van der Waals surface area contributed by atoms with Crippen molar-refractivity contribution in [2.24, 2.45) is 5.92 Å². The van der Waals surface area contributed by atoms with Crippen molar-refractivity contribution in [3.8, 4) is 0 Å². The standard InChI is InChI=1S/C17H19BrN2O3/c1-2-23-17(22)12-4-3-7-20(10-12)16(21)15-8-11-5-6-13(18)9-14(11)19-15/h5-6,8-9,12,19H,2-4,7,10H2,1H3. The topological polar surface area (TPSA) is 62.4 Å². The van der Waals surface area contributed by atoms with Crippen LogP contribution in [0.4, 0.5) is 0 Å². The number of hydrogen-bond acceptors (Lipinski definition) is 3. The van der Waals surface area contributed by atoms with E-state index in [0.29, 0.717) is 25.4 Å². The van der Waals surface area contributed by atoms with E-state index in [1.54, 1.807) is 11.8 Å². The summed E-state index contributed by atoms with van der Waals surface area (Å²) in [5.41, 5.74) is 1.48. The lowest BCUT2D eigenvalue weighted by Gasteiger charge is -2.31. The first kappa shape index (κ1) is 16.1. The number of fused-ring (bicyclic) bond motifs is 1. The summed E-state index contributed by atoms with van der Waals surface area (Å²) in [5.74, 6) is -0.483. The summed E-state index contributed by atoms with van der Waals surface area (Å²) in [6.45, 7) is 3.27. The molecule has 122 valence electrons. The molecule has 0 saturated carbocycles. The highest BCUT2D eigenvalue weighted by Crippen LogP contribution is 2.23. The van der Waals surface area contributed by atoms with Gasteiger partial charge in [0.2, 0.25) is 0 Å². The number of rotatable bonds is 3. The molecule has 1 aromatic carbocycles. The second-order valence-corrected chi connectivity index (χ2v) is 6.67. The first-order chi connectivity index (χ1) is 11.1. The molecule has 5 nitrogen and oxygen atoms in total. The van der Waals surface area contributed by atoms with Crippen LogP contribution in [-0.2, 0) is 9.53 Å². The summed E-state index contributed by atoms with van der Waals surface area (Å²) in [7, 11) is 0. The zero-order valence-electron chi connectivity index (χ0n) is 13.0. The van der Waals surface area contributed by atoms with E-state index in [1.807, 2.05) is 24.3 Å². The quantitative estimate of drug-likeness (QED) is 0.832. The number of benzene rings is 1. The molecule has 0 aliphatic carbocycles. The molecule has 1 N–H and O–H groups in total. The number of H-pyrrole nitrogens is 1. The van der Waals surface area contributed by atoms with Crippen molar-refractivity contribution >= 4 is 38.7 Å². The number of likely N-dealkylation sites (tertiary alicyclic amines) is 1. The summed E-state index contributed by atoms with van der Waals surface area (Å²) in [5, 5.41) is 0.996. The summed E-state index contributed by atoms with van der Waals surface area (Å²) in [6.07, 6.45) is 1.60. The van der Waals surface area contributed by atoms with Crippen molar-refractivity contribution in [3.05, 3.63) is 34.4 Å². The zero-order chi connectivity index (χ0) is 16.4. The van der Waals surface area contributed by atoms with Crippen LogP contribution in [0.3, 0.4) is 0 Å². The fourth-order valence-electron chi connectivity index (χ4n) is 3.00. The van der Waals surface area contributed by atoms with Crippen LogP contribution in [0.15, 0.2) is 28.7 Å². The van der Waals surface area contributed by atoms with Crippen LogP contribution in [0.5, 0.6) is 0 Å². The fourth-order valence-corrected chi connectivity index (χ4v) is 3.36. The molecule has 2 heterocycles. The number of piperidine rings is 1. The van der Waals surface area contributed by atoms with Crippen molar-refractivity contribution in [1.29, 1.82) is 0 Å². The lowest BCUT2D eigenvalue weighted by atomic mass is 9.98. The highest BCUT2D eigenvalue weighted by molar-refractivity contribution is 9.10. The number of hydrogen-bond donors (Lipinski definition) is 1. The van der Waals surface area contributed by atoms with Crippen LogP contribution in [0, 0.1) is 5.92 Å². The number of nitrogens with zero attached hydrogens (tertiary/aromatic N) is 1. The van der Waals surface area contributed by atoms with Gasteiger partial charge in [0.1, 0.15) is 5.69 Å². The molecule has 0 spiro atoms. The van der Waals surface area contributed by atoms with Crippen LogP contribution in [-0.4, -0.2) is 41.5 Å². The van der Waals surface area contributed by atoms with E-state index in [1.165, 1.54) is 0 Å². The number of esters is 1. The van der Waals surface area contributed by atoms with E-state index in [2.05, 4.69) is 20.9 Å². The SMILES string of the molecule is CCOC(=O)C1CCCN(C(=O)c2cc3ccc(Br)cc3[nH]2)C1. The van der Waals surface area contributed by atoms with Crippen molar-refractivity contribution in [3.63, 3.8) is 0 Å². The van der Waals surface area contributed by atoms with E-state index in [4.69, 9.17) is 4.74 Å². The average Bonchev–Trinajstić information content (AvgIpc) is 2.97. The van der Waals surface area contributed by atoms with E-state index in [9.17, 15) is 9.59 Å². The largest absolute Gasteiger partial charge is 0.466 e. The molecule has 1 unspecified atom stereocenters. The van der Waals surface area contributed by atoms with E-state index in [0.717, 1.165) is 28.2 Å². The van der Waals surface area contributed by atoms with Crippen LogP contribution >= 0.6 is 15.9 Å². The Hall–Kier alpha value is -1.82. The number of halogens is 1. The molecule has 0 radical (unpaired) electrons. The molecule has 1 aliphatic rings. The van der Waals surface area contributed by atoms with Gasteiger partial charge in [-0.05, 0) is 38.0 Å². The number of nitrogens with one attached hydrogen (secondary N) is 1. The summed E-state index contributed by atoms with van der Waals surface area (Å²) in [4.78, 5) is 29.5. The third-order valence-corrected chi connectivity index (χ3v) is 4.64. The Morgan fingerprint density at radius 3 is 3.00 bits per heavy atom. The number of aromatic amines is 1. The molecule has 1 saturated heterocycles. The lowest BCUT2D eigenvalue weighted by Crippen LogP contribution is -2.42. The maximum Gasteiger partial charge on any atom is 0.310 e. The van der Waals surface area contributed by atoms with Gasteiger partial charge < -0.3 is 14.6 Å². The number of carbonyl (C=O) groups excluding carboxylic acids is 2. The van der Waals surface area contributed by atoms with Gasteiger partial charge in [0, 0.05) is 28.5 Å². The third kappa shape index (κ3) is 3.42. The minimum atomic E-state index is -0.217. The highest BCUT2D eigenvalue weighted by Gasteiger charge is 2.30. The Balaban J connectivity index is 1.77. The Bertz CT molecular complexity index is 741. The lowest BCUT2D eigenvalue weighted by molar-refractivity contribution is -0.149. The van der Waals surface area contributed by atoms with E-state index in [-0.39, 0.29) is 17.8 Å². The first-order valence-electron chi connectivity index (χ1n) is 7.82. The van der Waals surface area contributed by atoms with Crippen LogP contribution in [0.2, 0.25) is 0 Å². The Kier molecular flexibility index (Phi) is 4.71. The molecule has 1 aliphatic heterocycles. The molecule has 1 aromatic heterocycles. The molecule has 6 heteroatoms.